The topological polar surface area (TPSA) is 24.8 Å². The van der Waals surface area contributed by atoms with Crippen LogP contribution >= 0.6 is 34.8 Å². The third kappa shape index (κ3) is 2.95. The van der Waals surface area contributed by atoms with Gasteiger partial charge >= 0.3 is 0 Å². The van der Waals surface area contributed by atoms with E-state index >= 15 is 0 Å². The van der Waals surface area contributed by atoms with E-state index in [1.54, 1.807) is 6.07 Å². The van der Waals surface area contributed by atoms with Gasteiger partial charge in [0, 0.05) is 33.2 Å². The van der Waals surface area contributed by atoms with Crippen molar-refractivity contribution < 1.29 is 4.74 Å². The number of nitrogens with zero attached hydrogens (tertiary/aromatic N) is 2. The Bertz CT molecular complexity index is 1100. The molecular formula is C22H15Cl3N2O. The van der Waals surface area contributed by atoms with Crippen LogP contribution in [0.4, 0.5) is 0 Å². The Balaban J connectivity index is 1.63. The predicted octanol–water partition coefficient (Wildman–Crippen LogP) is 6.89. The lowest BCUT2D eigenvalue weighted by Gasteiger charge is -2.38. The number of benzene rings is 3. The molecule has 0 spiro atoms. The van der Waals surface area contributed by atoms with E-state index in [0.29, 0.717) is 15.1 Å². The van der Waals surface area contributed by atoms with Crippen molar-refractivity contribution in [3.05, 3.63) is 98.5 Å². The van der Waals surface area contributed by atoms with Gasteiger partial charge in [-0.15, -0.1) is 0 Å². The van der Waals surface area contributed by atoms with Crippen molar-refractivity contribution >= 4 is 40.5 Å². The number of para-hydroxylation sites is 1. The quantitative estimate of drug-likeness (QED) is 0.443. The molecular weight excluding hydrogens is 415 g/mol. The van der Waals surface area contributed by atoms with Gasteiger partial charge in [0.1, 0.15) is 5.75 Å². The van der Waals surface area contributed by atoms with E-state index in [-0.39, 0.29) is 6.04 Å². The minimum atomic E-state index is -0.440. The Kier molecular flexibility index (Phi) is 4.47. The highest BCUT2D eigenvalue weighted by Crippen LogP contribution is 2.48. The first kappa shape index (κ1) is 17.9. The molecule has 0 aromatic heterocycles. The molecule has 2 heterocycles. The van der Waals surface area contributed by atoms with Gasteiger partial charge in [0.15, 0.2) is 0 Å². The number of hydrazone groups is 1. The molecule has 5 rings (SSSR count). The summed E-state index contributed by atoms with van der Waals surface area (Å²) in [4.78, 5) is 0. The number of halogens is 3. The zero-order valence-corrected chi connectivity index (χ0v) is 16.9. The molecule has 3 aromatic rings. The van der Waals surface area contributed by atoms with E-state index < -0.39 is 6.23 Å². The van der Waals surface area contributed by atoms with Crippen LogP contribution < -0.4 is 4.74 Å². The maximum absolute atomic E-state index is 6.50. The van der Waals surface area contributed by atoms with Gasteiger partial charge in [0.05, 0.1) is 16.8 Å². The Labute approximate surface area is 178 Å². The van der Waals surface area contributed by atoms with Gasteiger partial charge in [-0.25, -0.2) is 5.01 Å². The fourth-order valence-electron chi connectivity index (χ4n) is 3.80. The average molecular weight is 430 g/mol. The Morgan fingerprint density at radius 1 is 0.857 bits per heavy atom. The highest BCUT2D eigenvalue weighted by atomic mass is 35.5. The molecule has 140 valence electrons. The molecule has 0 amide bonds. The molecule has 0 fully saturated rings. The first-order chi connectivity index (χ1) is 13.6. The lowest BCUT2D eigenvalue weighted by molar-refractivity contribution is -0.0189. The molecule has 0 bridgehead atoms. The molecule has 2 atom stereocenters. The summed E-state index contributed by atoms with van der Waals surface area (Å²) in [5.74, 6) is 0.843. The van der Waals surface area contributed by atoms with Crippen LogP contribution in [0.1, 0.15) is 35.4 Å². The highest BCUT2D eigenvalue weighted by molar-refractivity contribution is 6.35. The predicted molar refractivity (Wildman–Crippen MR) is 113 cm³/mol. The maximum atomic E-state index is 6.50. The third-order valence-corrected chi connectivity index (χ3v) is 6.00. The van der Waals surface area contributed by atoms with Crippen LogP contribution in [-0.4, -0.2) is 10.7 Å². The molecule has 3 nitrogen and oxygen atoms in total. The van der Waals surface area contributed by atoms with Gasteiger partial charge in [-0.3, -0.25) is 0 Å². The van der Waals surface area contributed by atoms with E-state index in [0.717, 1.165) is 34.6 Å². The van der Waals surface area contributed by atoms with Crippen LogP contribution in [0.15, 0.2) is 71.8 Å². The summed E-state index contributed by atoms with van der Waals surface area (Å²) in [6.07, 6.45) is 0.302. The summed E-state index contributed by atoms with van der Waals surface area (Å²) in [5, 5.41) is 8.72. The smallest absolute Gasteiger partial charge is 0.215 e. The summed E-state index contributed by atoms with van der Waals surface area (Å²) in [6, 6.07) is 21.3. The van der Waals surface area contributed by atoms with Crippen molar-refractivity contribution in [2.45, 2.75) is 18.7 Å². The lowest BCUT2D eigenvalue weighted by Crippen LogP contribution is -2.33. The Hall–Kier alpha value is -2.20. The first-order valence-electron chi connectivity index (χ1n) is 8.93. The summed E-state index contributed by atoms with van der Waals surface area (Å²) in [5.41, 5.74) is 3.81. The van der Waals surface area contributed by atoms with Crippen LogP contribution in [0.2, 0.25) is 15.1 Å². The van der Waals surface area contributed by atoms with Gasteiger partial charge in [0.2, 0.25) is 6.23 Å². The lowest BCUT2D eigenvalue weighted by atomic mass is 9.96. The van der Waals surface area contributed by atoms with Crippen molar-refractivity contribution in [3.8, 4) is 5.75 Å². The second-order valence-electron chi connectivity index (χ2n) is 6.80. The average Bonchev–Trinajstić information content (AvgIpc) is 3.13. The Morgan fingerprint density at radius 2 is 1.64 bits per heavy atom. The molecule has 0 radical (unpaired) electrons. The largest absolute Gasteiger partial charge is 0.464 e. The normalized spacial score (nSPS) is 20.2. The van der Waals surface area contributed by atoms with Gasteiger partial charge in [-0.05, 0) is 24.3 Å². The molecule has 3 aromatic carbocycles. The minimum absolute atomic E-state index is 0.0490. The highest BCUT2D eigenvalue weighted by Gasteiger charge is 2.41. The summed E-state index contributed by atoms with van der Waals surface area (Å²) in [6.45, 7) is 0. The van der Waals surface area contributed by atoms with Crippen molar-refractivity contribution in [1.29, 1.82) is 0 Å². The number of hydrogen-bond acceptors (Lipinski definition) is 3. The molecule has 2 aliphatic heterocycles. The van der Waals surface area contributed by atoms with Crippen LogP contribution in [0.25, 0.3) is 0 Å². The van der Waals surface area contributed by atoms with Crippen LogP contribution in [0, 0.1) is 0 Å². The number of ether oxygens (including phenoxy) is 1. The van der Waals surface area contributed by atoms with Crippen molar-refractivity contribution in [1.82, 2.24) is 5.01 Å². The second kappa shape index (κ2) is 7.00. The third-order valence-electron chi connectivity index (χ3n) is 5.11. The fraction of sp³-hybridized carbons (Fsp3) is 0.136. The first-order valence-corrected chi connectivity index (χ1v) is 10.1. The van der Waals surface area contributed by atoms with Crippen molar-refractivity contribution in [3.63, 3.8) is 0 Å². The Morgan fingerprint density at radius 3 is 2.46 bits per heavy atom. The molecule has 0 N–H and O–H groups in total. The van der Waals surface area contributed by atoms with E-state index in [2.05, 4.69) is 6.07 Å². The molecule has 0 unspecified atom stereocenters. The van der Waals surface area contributed by atoms with E-state index in [1.165, 1.54) is 0 Å². The number of rotatable bonds is 2. The molecule has 0 saturated carbocycles. The van der Waals surface area contributed by atoms with Gasteiger partial charge in [-0.2, -0.15) is 5.10 Å². The van der Waals surface area contributed by atoms with Crippen molar-refractivity contribution in [2.24, 2.45) is 5.10 Å². The SMILES string of the molecule is Clc1ccc([C@@H]2Oc3ccccc3[C@@H]3CC(c4ccccc4Cl)=NN32)c(Cl)c1. The van der Waals surface area contributed by atoms with E-state index in [9.17, 15) is 0 Å². The summed E-state index contributed by atoms with van der Waals surface area (Å²) in [7, 11) is 0. The zero-order valence-electron chi connectivity index (χ0n) is 14.6. The molecule has 0 aliphatic carbocycles. The number of hydrogen-bond donors (Lipinski definition) is 0. The van der Waals surface area contributed by atoms with Crippen LogP contribution in [0.3, 0.4) is 0 Å². The zero-order chi connectivity index (χ0) is 19.3. The van der Waals surface area contributed by atoms with Gasteiger partial charge in [0.25, 0.3) is 0 Å². The second-order valence-corrected chi connectivity index (χ2v) is 8.05. The van der Waals surface area contributed by atoms with Crippen molar-refractivity contribution in [2.75, 3.05) is 0 Å². The molecule has 0 saturated heterocycles. The summed E-state index contributed by atoms with van der Waals surface area (Å²) < 4.78 is 6.33. The summed E-state index contributed by atoms with van der Waals surface area (Å²) >= 11 is 19.0. The molecule has 6 heteroatoms. The van der Waals surface area contributed by atoms with Crippen LogP contribution in [0.5, 0.6) is 5.75 Å². The molecule has 28 heavy (non-hydrogen) atoms. The maximum Gasteiger partial charge on any atom is 0.215 e. The standard InChI is InChI=1S/C22H15Cl3N2O/c23-13-9-10-15(18(25)11-13)22-27-20(16-6-2-4-8-21(16)28-22)12-19(26-27)14-5-1-3-7-17(14)24/h1-11,20,22H,12H2/t20-,22-/m0/s1. The molecule has 2 aliphatic rings. The number of fused-ring (bicyclic) bond motifs is 3. The minimum Gasteiger partial charge on any atom is -0.464 e. The van der Waals surface area contributed by atoms with Gasteiger partial charge < -0.3 is 4.74 Å². The van der Waals surface area contributed by atoms with Gasteiger partial charge in [-0.1, -0.05) is 77.3 Å². The monoisotopic (exact) mass is 428 g/mol. The van der Waals surface area contributed by atoms with Crippen LogP contribution in [-0.2, 0) is 0 Å². The van der Waals surface area contributed by atoms with E-state index in [4.69, 9.17) is 44.6 Å². The van der Waals surface area contributed by atoms with E-state index in [1.807, 2.05) is 59.6 Å². The fourth-order valence-corrected chi connectivity index (χ4v) is 4.55.